The minimum absolute atomic E-state index is 0.177. The van der Waals surface area contributed by atoms with Crippen molar-refractivity contribution >= 4 is 11.6 Å². The molecule has 7 nitrogen and oxygen atoms in total. The molecule has 0 saturated carbocycles. The minimum atomic E-state index is -0.588. The first-order chi connectivity index (χ1) is 7.45. The maximum atomic E-state index is 11.4. The van der Waals surface area contributed by atoms with Crippen LogP contribution in [0.15, 0.2) is 17.1 Å². The fraction of sp³-hybridized carbons (Fsp3) is 0.333. The molecule has 1 aromatic heterocycles. The monoisotopic (exact) mass is 225 g/mol. The fourth-order valence-electron chi connectivity index (χ4n) is 1.20. The zero-order chi connectivity index (χ0) is 12.3. The molecule has 1 amide bonds. The molecule has 0 atom stereocenters. The second-order valence-corrected chi connectivity index (χ2v) is 3.24. The number of carbonyl (C=O) groups excluding carboxylic acids is 1. The van der Waals surface area contributed by atoms with Crippen molar-refractivity contribution in [1.29, 1.82) is 0 Å². The third kappa shape index (κ3) is 2.44. The summed E-state index contributed by atoms with van der Waals surface area (Å²) in [4.78, 5) is 32.5. The van der Waals surface area contributed by atoms with Gasteiger partial charge in [0.2, 0.25) is 5.91 Å². The molecule has 1 aromatic rings. The first kappa shape index (κ1) is 11.9. The Morgan fingerprint density at radius 1 is 1.62 bits per heavy atom. The predicted octanol–water partition coefficient (Wildman–Crippen LogP) is -0.189. The van der Waals surface area contributed by atoms with Gasteiger partial charge >= 0.3 is 0 Å². The molecule has 7 heteroatoms. The molecular weight excluding hydrogens is 214 g/mol. The highest BCUT2D eigenvalue weighted by atomic mass is 16.6. The number of pyridine rings is 1. The largest absolute Gasteiger partial charge is 0.358 e. The number of aryl methyl sites for hydroxylation is 1. The van der Waals surface area contributed by atoms with E-state index in [4.69, 9.17) is 0 Å². The molecule has 1 rings (SSSR count). The van der Waals surface area contributed by atoms with Crippen LogP contribution in [0.3, 0.4) is 0 Å². The third-order valence-electron chi connectivity index (χ3n) is 2.09. The summed E-state index contributed by atoms with van der Waals surface area (Å²) < 4.78 is 1.00. The summed E-state index contributed by atoms with van der Waals surface area (Å²) in [6.45, 7) is 1.25. The van der Waals surface area contributed by atoms with Gasteiger partial charge in [0.1, 0.15) is 6.54 Å². The first-order valence-electron chi connectivity index (χ1n) is 4.51. The molecule has 1 N–H and O–H groups in total. The number of amides is 1. The Morgan fingerprint density at radius 3 is 2.75 bits per heavy atom. The molecule has 0 aliphatic carbocycles. The number of nitrogens with one attached hydrogen (secondary N) is 1. The van der Waals surface area contributed by atoms with Gasteiger partial charge in [0.25, 0.3) is 11.2 Å². The predicted molar refractivity (Wildman–Crippen MR) is 56.2 cm³/mol. The summed E-state index contributed by atoms with van der Waals surface area (Å²) in [5.74, 6) is -0.389. The van der Waals surface area contributed by atoms with Gasteiger partial charge in [0, 0.05) is 18.7 Å². The van der Waals surface area contributed by atoms with Crippen LogP contribution in [0.4, 0.5) is 5.69 Å². The van der Waals surface area contributed by atoms with Gasteiger partial charge in [-0.05, 0) is 6.92 Å². The highest BCUT2D eigenvalue weighted by Crippen LogP contribution is 2.13. The second-order valence-electron chi connectivity index (χ2n) is 3.24. The molecule has 0 saturated heterocycles. The number of hydrogen-bond acceptors (Lipinski definition) is 4. The molecule has 0 radical (unpaired) electrons. The number of nitrogens with zero attached hydrogens (tertiary/aromatic N) is 2. The molecule has 0 aliphatic heterocycles. The van der Waals surface area contributed by atoms with Gasteiger partial charge in [-0.15, -0.1) is 0 Å². The van der Waals surface area contributed by atoms with Crippen molar-refractivity contribution in [2.45, 2.75) is 13.5 Å². The average Bonchev–Trinajstić information content (AvgIpc) is 2.21. The minimum Gasteiger partial charge on any atom is -0.358 e. The quantitative estimate of drug-likeness (QED) is 0.569. The average molecular weight is 225 g/mol. The van der Waals surface area contributed by atoms with Crippen molar-refractivity contribution in [3.05, 3.63) is 38.3 Å². The lowest BCUT2D eigenvalue weighted by Gasteiger charge is -2.05. The molecule has 86 valence electrons. The molecule has 0 bridgehead atoms. The highest BCUT2D eigenvalue weighted by Gasteiger charge is 2.14. The number of carbonyl (C=O) groups is 1. The van der Waals surface area contributed by atoms with Crippen LogP contribution in [0, 0.1) is 17.0 Å². The fourth-order valence-corrected chi connectivity index (χ4v) is 1.20. The van der Waals surface area contributed by atoms with Gasteiger partial charge < -0.3 is 5.32 Å². The summed E-state index contributed by atoms with van der Waals surface area (Å²) in [5.41, 5.74) is -0.335. The van der Waals surface area contributed by atoms with Gasteiger partial charge in [-0.1, -0.05) is 0 Å². The van der Waals surface area contributed by atoms with Crippen LogP contribution in [0.25, 0.3) is 0 Å². The van der Waals surface area contributed by atoms with Crippen LogP contribution in [-0.2, 0) is 11.3 Å². The Morgan fingerprint density at radius 2 is 2.25 bits per heavy atom. The van der Waals surface area contributed by atoms with Gasteiger partial charge in [0.05, 0.1) is 11.1 Å². The zero-order valence-electron chi connectivity index (χ0n) is 8.89. The van der Waals surface area contributed by atoms with Crippen LogP contribution in [0.1, 0.15) is 5.56 Å². The Labute approximate surface area is 90.8 Å². The van der Waals surface area contributed by atoms with E-state index in [0.717, 1.165) is 16.8 Å². The van der Waals surface area contributed by atoms with Crippen molar-refractivity contribution < 1.29 is 9.72 Å². The SMILES string of the molecule is CNC(=O)Cn1cc([N+](=O)[O-])c(C)cc1=O. The van der Waals surface area contributed by atoms with E-state index in [1.807, 2.05) is 0 Å². The Kier molecular flexibility index (Phi) is 3.39. The molecule has 1 heterocycles. The van der Waals surface area contributed by atoms with Crippen molar-refractivity contribution in [2.75, 3.05) is 7.05 Å². The van der Waals surface area contributed by atoms with E-state index in [2.05, 4.69) is 5.32 Å². The maximum Gasteiger partial charge on any atom is 0.288 e. The molecule has 0 aromatic carbocycles. The zero-order valence-corrected chi connectivity index (χ0v) is 8.89. The van der Waals surface area contributed by atoms with Crippen molar-refractivity contribution in [3.63, 3.8) is 0 Å². The van der Waals surface area contributed by atoms with E-state index >= 15 is 0 Å². The van der Waals surface area contributed by atoms with Crippen LogP contribution in [0.2, 0.25) is 0 Å². The summed E-state index contributed by atoms with van der Waals surface area (Å²) >= 11 is 0. The van der Waals surface area contributed by atoms with E-state index in [1.165, 1.54) is 14.0 Å². The van der Waals surface area contributed by atoms with Crippen molar-refractivity contribution in [3.8, 4) is 0 Å². The molecular formula is C9H11N3O4. The normalized spacial score (nSPS) is 9.88. The van der Waals surface area contributed by atoms with Crippen LogP contribution in [0.5, 0.6) is 0 Å². The molecule has 0 aliphatic rings. The van der Waals surface area contributed by atoms with Crippen molar-refractivity contribution in [2.24, 2.45) is 0 Å². The van der Waals surface area contributed by atoms with E-state index in [9.17, 15) is 19.7 Å². The summed E-state index contributed by atoms with van der Waals surface area (Å²) in [5, 5.41) is 13.0. The van der Waals surface area contributed by atoms with Crippen molar-refractivity contribution in [1.82, 2.24) is 9.88 Å². The summed E-state index contributed by atoms with van der Waals surface area (Å²) in [6, 6.07) is 1.14. The molecule has 16 heavy (non-hydrogen) atoms. The lowest BCUT2D eigenvalue weighted by atomic mass is 10.2. The lowest BCUT2D eigenvalue weighted by Crippen LogP contribution is -2.30. The lowest BCUT2D eigenvalue weighted by molar-refractivity contribution is -0.385. The number of aromatic nitrogens is 1. The molecule has 0 fully saturated rings. The van der Waals surface area contributed by atoms with Gasteiger partial charge in [-0.2, -0.15) is 0 Å². The third-order valence-corrected chi connectivity index (χ3v) is 2.09. The summed E-state index contributed by atoms with van der Waals surface area (Å²) in [6.07, 6.45) is 1.08. The van der Waals surface area contributed by atoms with Gasteiger partial charge in [-0.3, -0.25) is 24.3 Å². The van der Waals surface area contributed by atoms with Gasteiger partial charge in [0.15, 0.2) is 0 Å². The first-order valence-corrected chi connectivity index (χ1v) is 4.51. The number of nitro groups is 1. The molecule has 0 spiro atoms. The standard InChI is InChI=1S/C9H11N3O4/c1-6-3-9(14)11(5-8(13)10-2)4-7(6)12(15)16/h3-4H,5H2,1-2H3,(H,10,13). The Hall–Kier alpha value is -2.18. The smallest absolute Gasteiger partial charge is 0.288 e. The van der Waals surface area contributed by atoms with Gasteiger partial charge in [-0.25, -0.2) is 0 Å². The number of rotatable bonds is 3. The van der Waals surface area contributed by atoms with E-state index in [0.29, 0.717) is 0 Å². The topological polar surface area (TPSA) is 94.2 Å². The number of likely N-dealkylation sites (N-methyl/N-ethyl adjacent to an activating group) is 1. The van der Waals surface area contributed by atoms with E-state index in [-0.39, 0.29) is 23.7 Å². The highest BCUT2D eigenvalue weighted by molar-refractivity contribution is 5.75. The van der Waals surface area contributed by atoms with Crippen LogP contribution < -0.4 is 10.9 Å². The number of hydrogen-bond donors (Lipinski definition) is 1. The Bertz CT molecular complexity index is 492. The van der Waals surface area contributed by atoms with Crippen LogP contribution >= 0.6 is 0 Å². The second kappa shape index (κ2) is 4.56. The molecule has 0 unspecified atom stereocenters. The van der Waals surface area contributed by atoms with E-state index in [1.54, 1.807) is 0 Å². The maximum absolute atomic E-state index is 11.4. The Balaban J connectivity index is 3.20. The van der Waals surface area contributed by atoms with Crippen LogP contribution in [-0.4, -0.2) is 22.4 Å². The van der Waals surface area contributed by atoms with E-state index < -0.39 is 10.5 Å². The summed E-state index contributed by atoms with van der Waals surface area (Å²) in [7, 11) is 1.43.